The molecule has 1 aromatic heterocycles. The largest absolute Gasteiger partial charge is 0.354 e. The van der Waals surface area contributed by atoms with Gasteiger partial charge < -0.3 is 15.5 Å². The molecule has 0 aliphatic carbocycles. The van der Waals surface area contributed by atoms with Gasteiger partial charge in [-0.1, -0.05) is 19.9 Å². The number of hydrogen-bond acceptors (Lipinski definition) is 4. The van der Waals surface area contributed by atoms with Gasteiger partial charge in [0.2, 0.25) is 11.8 Å². The lowest BCUT2D eigenvalue weighted by atomic mass is 9.88. The van der Waals surface area contributed by atoms with Crippen LogP contribution < -0.4 is 10.6 Å². The fraction of sp³-hybridized carbons (Fsp3) is 0.611. The average Bonchev–Trinajstić information content (AvgIpc) is 3.12. The van der Waals surface area contributed by atoms with Crippen molar-refractivity contribution in [3.8, 4) is 0 Å². The van der Waals surface area contributed by atoms with E-state index in [0.717, 1.165) is 0 Å². The maximum atomic E-state index is 12.7. The van der Waals surface area contributed by atoms with Crippen molar-refractivity contribution in [1.82, 2.24) is 15.5 Å². The van der Waals surface area contributed by atoms with Crippen LogP contribution in [0.2, 0.25) is 0 Å². The molecule has 0 aromatic carbocycles. The van der Waals surface area contributed by atoms with Crippen molar-refractivity contribution in [3.05, 3.63) is 22.4 Å². The number of carbonyl (C=O) groups excluding carboxylic acids is 3. The van der Waals surface area contributed by atoms with E-state index >= 15 is 0 Å². The molecule has 1 fully saturated rings. The standard InChI is InChI=1S/C18H27N3O3S/c1-12(2)11-19-18(24)16(20-17(23)15-5-4-10-25-15)14-6-8-21(9-7-14)13(3)22/h4-5,10,12,14,16H,6-9,11H2,1-3H3,(H,19,24)(H,20,23)/t16-/m0/s1. The summed E-state index contributed by atoms with van der Waals surface area (Å²) in [5, 5.41) is 7.69. The van der Waals surface area contributed by atoms with Gasteiger partial charge in [0.25, 0.3) is 5.91 Å². The van der Waals surface area contributed by atoms with Crippen molar-refractivity contribution >= 4 is 29.1 Å². The summed E-state index contributed by atoms with van der Waals surface area (Å²) in [4.78, 5) is 39.0. The zero-order valence-corrected chi connectivity index (χ0v) is 15.9. The number of likely N-dealkylation sites (tertiary alicyclic amines) is 1. The summed E-state index contributed by atoms with van der Waals surface area (Å²) >= 11 is 1.36. The second-order valence-electron chi connectivity index (χ2n) is 6.91. The summed E-state index contributed by atoms with van der Waals surface area (Å²) in [6.07, 6.45) is 1.42. The lowest BCUT2D eigenvalue weighted by Gasteiger charge is -2.35. The topological polar surface area (TPSA) is 78.5 Å². The summed E-state index contributed by atoms with van der Waals surface area (Å²) in [7, 11) is 0. The Hall–Kier alpha value is -1.89. The number of nitrogens with zero attached hydrogens (tertiary/aromatic N) is 1. The molecule has 25 heavy (non-hydrogen) atoms. The highest BCUT2D eigenvalue weighted by molar-refractivity contribution is 7.12. The monoisotopic (exact) mass is 365 g/mol. The predicted octanol–water partition coefficient (Wildman–Crippen LogP) is 1.88. The highest BCUT2D eigenvalue weighted by Crippen LogP contribution is 2.22. The third-order valence-electron chi connectivity index (χ3n) is 4.45. The molecule has 1 aromatic rings. The molecule has 3 amide bonds. The molecule has 0 bridgehead atoms. The van der Waals surface area contributed by atoms with Crippen LogP contribution in [0.3, 0.4) is 0 Å². The van der Waals surface area contributed by atoms with Crippen molar-refractivity contribution in [3.63, 3.8) is 0 Å². The van der Waals surface area contributed by atoms with Crippen LogP contribution in [0.5, 0.6) is 0 Å². The van der Waals surface area contributed by atoms with Gasteiger partial charge in [-0.3, -0.25) is 14.4 Å². The highest BCUT2D eigenvalue weighted by Gasteiger charge is 2.33. The zero-order valence-electron chi connectivity index (χ0n) is 15.1. The van der Waals surface area contributed by atoms with Gasteiger partial charge >= 0.3 is 0 Å². The third-order valence-corrected chi connectivity index (χ3v) is 5.32. The highest BCUT2D eigenvalue weighted by atomic mass is 32.1. The molecule has 0 radical (unpaired) electrons. The first-order chi connectivity index (χ1) is 11.9. The van der Waals surface area contributed by atoms with Gasteiger partial charge in [0.1, 0.15) is 6.04 Å². The van der Waals surface area contributed by atoms with E-state index in [2.05, 4.69) is 10.6 Å². The van der Waals surface area contributed by atoms with Gasteiger partial charge in [-0.25, -0.2) is 0 Å². The zero-order chi connectivity index (χ0) is 18.4. The van der Waals surface area contributed by atoms with Crippen LogP contribution in [-0.2, 0) is 9.59 Å². The van der Waals surface area contributed by atoms with Crippen molar-refractivity contribution in [2.75, 3.05) is 19.6 Å². The van der Waals surface area contributed by atoms with Gasteiger partial charge in [-0.05, 0) is 36.1 Å². The van der Waals surface area contributed by atoms with E-state index in [1.54, 1.807) is 17.9 Å². The maximum Gasteiger partial charge on any atom is 0.262 e. The van der Waals surface area contributed by atoms with E-state index in [4.69, 9.17) is 0 Å². The van der Waals surface area contributed by atoms with Crippen molar-refractivity contribution in [2.45, 2.75) is 39.7 Å². The fourth-order valence-electron chi connectivity index (χ4n) is 2.98. The second-order valence-corrected chi connectivity index (χ2v) is 7.86. The predicted molar refractivity (Wildman–Crippen MR) is 98.4 cm³/mol. The Bertz CT molecular complexity index is 593. The Morgan fingerprint density at radius 1 is 1.28 bits per heavy atom. The Balaban J connectivity index is 2.05. The van der Waals surface area contributed by atoms with Crippen LogP contribution in [0.1, 0.15) is 43.3 Å². The first kappa shape index (κ1) is 19.4. The van der Waals surface area contributed by atoms with E-state index in [1.807, 2.05) is 25.3 Å². The van der Waals surface area contributed by atoms with Crippen LogP contribution in [0.25, 0.3) is 0 Å². The molecule has 1 aliphatic rings. The molecule has 7 heteroatoms. The number of thiophene rings is 1. The summed E-state index contributed by atoms with van der Waals surface area (Å²) in [6.45, 7) is 7.46. The van der Waals surface area contributed by atoms with Crippen LogP contribution >= 0.6 is 11.3 Å². The Morgan fingerprint density at radius 3 is 2.48 bits per heavy atom. The average molecular weight is 365 g/mol. The van der Waals surface area contributed by atoms with Crippen LogP contribution in [0.15, 0.2) is 17.5 Å². The van der Waals surface area contributed by atoms with Crippen molar-refractivity contribution < 1.29 is 14.4 Å². The maximum absolute atomic E-state index is 12.7. The summed E-state index contributed by atoms with van der Waals surface area (Å²) in [6, 6.07) is 3.00. The minimum Gasteiger partial charge on any atom is -0.354 e. The Kier molecular flexibility index (Phi) is 6.99. The van der Waals surface area contributed by atoms with Gasteiger partial charge in [0.05, 0.1) is 4.88 Å². The Morgan fingerprint density at radius 2 is 1.96 bits per heavy atom. The van der Waals surface area contributed by atoms with E-state index in [1.165, 1.54) is 11.3 Å². The minimum absolute atomic E-state index is 0.0340. The van der Waals surface area contributed by atoms with E-state index in [9.17, 15) is 14.4 Å². The smallest absolute Gasteiger partial charge is 0.262 e. The molecule has 1 atom stereocenters. The molecular formula is C18H27N3O3S. The van der Waals surface area contributed by atoms with Crippen molar-refractivity contribution in [2.24, 2.45) is 11.8 Å². The lowest BCUT2D eigenvalue weighted by Crippen LogP contribution is -2.54. The molecular weight excluding hydrogens is 338 g/mol. The summed E-state index contributed by atoms with van der Waals surface area (Å²) in [5.41, 5.74) is 0. The van der Waals surface area contributed by atoms with Gasteiger partial charge in [-0.2, -0.15) is 0 Å². The SMILES string of the molecule is CC(=O)N1CCC([C@H](NC(=O)c2cccs2)C(=O)NCC(C)C)CC1. The molecule has 0 saturated carbocycles. The minimum atomic E-state index is -0.567. The summed E-state index contributed by atoms with van der Waals surface area (Å²) < 4.78 is 0. The van der Waals surface area contributed by atoms with E-state index in [-0.39, 0.29) is 23.6 Å². The second kappa shape index (κ2) is 8.99. The molecule has 1 aliphatic heterocycles. The third kappa shape index (κ3) is 5.56. The number of carbonyl (C=O) groups is 3. The van der Waals surface area contributed by atoms with Crippen LogP contribution in [-0.4, -0.2) is 48.3 Å². The number of nitrogens with one attached hydrogen (secondary N) is 2. The number of rotatable bonds is 6. The molecule has 2 heterocycles. The molecule has 0 unspecified atom stereocenters. The Labute approximate surface area is 153 Å². The molecule has 1 saturated heterocycles. The molecule has 0 spiro atoms. The fourth-order valence-corrected chi connectivity index (χ4v) is 3.61. The van der Waals surface area contributed by atoms with E-state index < -0.39 is 6.04 Å². The van der Waals surface area contributed by atoms with Gasteiger partial charge in [-0.15, -0.1) is 11.3 Å². The van der Waals surface area contributed by atoms with E-state index in [0.29, 0.717) is 43.3 Å². The first-order valence-corrected chi connectivity index (χ1v) is 9.64. The number of piperidine rings is 1. The van der Waals surface area contributed by atoms with Crippen LogP contribution in [0, 0.1) is 11.8 Å². The number of hydrogen-bond donors (Lipinski definition) is 2. The van der Waals surface area contributed by atoms with Gasteiger partial charge in [0, 0.05) is 26.6 Å². The first-order valence-electron chi connectivity index (χ1n) is 8.76. The van der Waals surface area contributed by atoms with Crippen molar-refractivity contribution in [1.29, 1.82) is 0 Å². The molecule has 6 nitrogen and oxygen atoms in total. The summed E-state index contributed by atoms with van der Waals surface area (Å²) in [5.74, 6) is 0.0827. The molecule has 138 valence electrons. The molecule has 2 rings (SSSR count). The van der Waals surface area contributed by atoms with Gasteiger partial charge in [0.15, 0.2) is 0 Å². The lowest BCUT2D eigenvalue weighted by molar-refractivity contribution is -0.130. The van der Waals surface area contributed by atoms with Crippen LogP contribution in [0.4, 0.5) is 0 Å². The molecule has 2 N–H and O–H groups in total. The normalized spacial score (nSPS) is 16.6. The quantitative estimate of drug-likeness (QED) is 0.808. The number of amides is 3.